The molecule has 1 unspecified atom stereocenters. The Labute approximate surface area is 127 Å². The Bertz CT molecular complexity index is 619. The molecule has 6 nitrogen and oxygen atoms in total. The first kappa shape index (κ1) is 17.2. The Kier molecular flexibility index (Phi) is 5.79. The average molecular weight is 341 g/mol. The number of hydrogen-bond acceptors (Lipinski definition) is 4. The van der Waals surface area contributed by atoms with Crippen molar-refractivity contribution in [2.24, 2.45) is 5.14 Å². The maximum absolute atomic E-state index is 12.0. The number of ether oxygens (including phenoxy) is 1. The normalized spacial score (nSPS) is 13.1. The van der Waals surface area contributed by atoms with Gasteiger partial charge in [0.2, 0.25) is 10.0 Å². The molecule has 3 N–H and O–H groups in total. The molecule has 1 aromatic carbocycles. The van der Waals surface area contributed by atoms with Gasteiger partial charge in [-0.2, -0.15) is 0 Å². The van der Waals surface area contributed by atoms with Crippen LogP contribution in [0.4, 0.5) is 0 Å². The number of rotatable bonds is 5. The predicted octanol–water partition coefficient (Wildman–Crippen LogP) is 1.41. The molecule has 0 aliphatic rings. The minimum absolute atomic E-state index is 0.0448. The molecule has 0 aliphatic carbocycles. The number of hydrogen-bond donors (Lipinski definition) is 2. The van der Waals surface area contributed by atoms with Gasteiger partial charge in [-0.3, -0.25) is 4.79 Å². The number of methoxy groups -OCH3 is 1. The zero-order valence-electron chi connectivity index (χ0n) is 10.8. The molecular weight excluding hydrogens is 327 g/mol. The second kappa shape index (κ2) is 6.73. The highest BCUT2D eigenvalue weighted by atomic mass is 35.5. The first-order valence-corrected chi connectivity index (χ1v) is 7.80. The zero-order chi connectivity index (χ0) is 15.5. The number of carbonyl (C=O) groups is 1. The molecule has 112 valence electrons. The van der Waals surface area contributed by atoms with Gasteiger partial charge >= 0.3 is 0 Å². The third-order valence-electron chi connectivity index (χ3n) is 2.51. The molecule has 0 heterocycles. The van der Waals surface area contributed by atoms with Crippen LogP contribution in [0.3, 0.4) is 0 Å². The second-order valence-electron chi connectivity index (χ2n) is 4.07. The summed E-state index contributed by atoms with van der Waals surface area (Å²) in [7, 11) is -2.57. The van der Waals surface area contributed by atoms with Crippen LogP contribution in [0, 0.1) is 0 Å². The Morgan fingerprint density at radius 2 is 2.05 bits per heavy atom. The lowest BCUT2D eigenvalue weighted by molar-refractivity contribution is 0.0870. The van der Waals surface area contributed by atoms with E-state index in [1.54, 1.807) is 6.92 Å². The van der Waals surface area contributed by atoms with Gasteiger partial charge in [0.15, 0.2) is 0 Å². The van der Waals surface area contributed by atoms with Gasteiger partial charge in [-0.15, -0.1) is 0 Å². The molecule has 1 atom stereocenters. The summed E-state index contributed by atoms with van der Waals surface area (Å²) in [5.74, 6) is -0.564. The van der Waals surface area contributed by atoms with E-state index in [9.17, 15) is 13.2 Å². The standard InChI is InChI=1S/C11H14Cl2N2O4S/c1-6(19-2)5-15-11(16)8-3-7(12)4-9(10(8)13)20(14,17)18/h3-4,6H,5H2,1-2H3,(H,15,16)(H2,14,17,18). The summed E-state index contributed by atoms with van der Waals surface area (Å²) >= 11 is 11.7. The van der Waals surface area contributed by atoms with E-state index in [4.69, 9.17) is 33.1 Å². The van der Waals surface area contributed by atoms with Gasteiger partial charge in [0.25, 0.3) is 5.91 Å². The van der Waals surface area contributed by atoms with Crippen molar-refractivity contribution in [3.63, 3.8) is 0 Å². The largest absolute Gasteiger partial charge is 0.380 e. The van der Waals surface area contributed by atoms with E-state index < -0.39 is 20.8 Å². The molecule has 1 amide bonds. The predicted molar refractivity (Wildman–Crippen MR) is 76.6 cm³/mol. The molecule has 0 saturated heterocycles. The van der Waals surface area contributed by atoms with Crippen LogP contribution in [0.2, 0.25) is 10.0 Å². The van der Waals surface area contributed by atoms with Crippen molar-refractivity contribution >= 4 is 39.1 Å². The quantitative estimate of drug-likeness (QED) is 0.846. The third-order valence-corrected chi connectivity index (χ3v) is 4.18. The van der Waals surface area contributed by atoms with Crippen molar-refractivity contribution < 1.29 is 17.9 Å². The first-order valence-electron chi connectivity index (χ1n) is 5.49. The highest BCUT2D eigenvalue weighted by Crippen LogP contribution is 2.28. The third kappa shape index (κ3) is 4.32. The van der Waals surface area contributed by atoms with Crippen LogP contribution in [0.15, 0.2) is 17.0 Å². The molecule has 0 saturated carbocycles. The van der Waals surface area contributed by atoms with Crippen LogP contribution in [-0.2, 0) is 14.8 Å². The number of sulfonamides is 1. The molecule has 1 rings (SSSR count). The van der Waals surface area contributed by atoms with Crippen molar-refractivity contribution in [1.82, 2.24) is 5.32 Å². The molecule has 0 radical (unpaired) electrons. The van der Waals surface area contributed by atoms with Crippen LogP contribution >= 0.6 is 23.2 Å². The topological polar surface area (TPSA) is 98.5 Å². The monoisotopic (exact) mass is 340 g/mol. The number of carbonyl (C=O) groups excluding carboxylic acids is 1. The van der Waals surface area contributed by atoms with Gasteiger partial charge in [-0.05, 0) is 19.1 Å². The van der Waals surface area contributed by atoms with Crippen LogP contribution in [0.5, 0.6) is 0 Å². The minimum Gasteiger partial charge on any atom is -0.380 e. The summed E-state index contributed by atoms with van der Waals surface area (Å²) in [6, 6.07) is 2.36. The molecule has 9 heteroatoms. The number of primary sulfonamides is 1. The number of halogens is 2. The fraction of sp³-hybridized carbons (Fsp3) is 0.364. The van der Waals surface area contributed by atoms with E-state index in [0.717, 1.165) is 6.07 Å². The molecule has 0 fully saturated rings. The Morgan fingerprint density at radius 3 is 2.55 bits per heavy atom. The Morgan fingerprint density at radius 1 is 1.45 bits per heavy atom. The van der Waals surface area contributed by atoms with Gasteiger partial charge < -0.3 is 10.1 Å². The van der Waals surface area contributed by atoms with E-state index in [2.05, 4.69) is 5.32 Å². The van der Waals surface area contributed by atoms with Crippen molar-refractivity contribution in [3.05, 3.63) is 27.7 Å². The van der Waals surface area contributed by atoms with Gasteiger partial charge in [0.1, 0.15) is 4.90 Å². The van der Waals surface area contributed by atoms with Crippen LogP contribution < -0.4 is 10.5 Å². The number of nitrogens with one attached hydrogen (secondary N) is 1. The minimum atomic E-state index is -4.07. The smallest absolute Gasteiger partial charge is 0.252 e. The van der Waals surface area contributed by atoms with Crippen molar-refractivity contribution in [2.45, 2.75) is 17.9 Å². The SMILES string of the molecule is COC(C)CNC(=O)c1cc(Cl)cc(S(N)(=O)=O)c1Cl. The fourth-order valence-electron chi connectivity index (χ4n) is 1.35. The van der Waals surface area contributed by atoms with E-state index in [1.807, 2.05) is 0 Å². The van der Waals surface area contributed by atoms with E-state index in [-0.39, 0.29) is 28.3 Å². The Balaban J connectivity index is 3.13. The number of amides is 1. The average Bonchev–Trinajstić information content (AvgIpc) is 2.36. The molecule has 0 bridgehead atoms. The van der Waals surface area contributed by atoms with Gasteiger partial charge in [-0.1, -0.05) is 23.2 Å². The van der Waals surface area contributed by atoms with Crippen molar-refractivity contribution in [2.75, 3.05) is 13.7 Å². The summed E-state index contributed by atoms with van der Waals surface area (Å²) in [6.07, 6.45) is -0.199. The lowest BCUT2D eigenvalue weighted by Gasteiger charge is -2.13. The molecule has 0 aromatic heterocycles. The Hall–Kier alpha value is -0.860. The maximum Gasteiger partial charge on any atom is 0.252 e. The molecule has 0 spiro atoms. The highest BCUT2D eigenvalue weighted by Gasteiger charge is 2.21. The second-order valence-corrected chi connectivity index (χ2v) is 6.41. The lowest BCUT2D eigenvalue weighted by atomic mass is 10.2. The fourth-order valence-corrected chi connectivity index (χ4v) is 2.80. The van der Waals surface area contributed by atoms with Gasteiger partial charge in [0, 0.05) is 18.7 Å². The summed E-state index contributed by atoms with van der Waals surface area (Å²) in [5.41, 5.74) is -0.0634. The number of benzene rings is 1. The molecule has 0 aliphatic heterocycles. The molecule has 1 aromatic rings. The van der Waals surface area contributed by atoms with Crippen LogP contribution in [-0.4, -0.2) is 34.1 Å². The molecule has 20 heavy (non-hydrogen) atoms. The summed E-state index contributed by atoms with van der Waals surface area (Å²) in [5, 5.41) is 7.35. The number of nitrogens with two attached hydrogens (primary N) is 1. The zero-order valence-corrected chi connectivity index (χ0v) is 13.1. The van der Waals surface area contributed by atoms with E-state index >= 15 is 0 Å². The first-order chi connectivity index (χ1) is 9.16. The molecular formula is C11H14Cl2N2O4S. The summed E-state index contributed by atoms with van der Waals surface area (Å²) < 4.78 is 27.7. The van der Waals surface area contributed by atoms with Gasteiger partial charge in [-0.25, -0.2) is 13.6 Å². The van der Waals surface area contributed by atoms with Crippen LogP contribution in [0.1, 0.15) is 17.3 Å². The maximum atomic E-state index is 12.0. The van der Waals surface area contributed by atoms with E-state index in [1.165, 1.54) is 13.2 Å². The van der Waals surface area contributed by atoms with Crippen LogP contribution in [0.25, 0.3) is 0 Å². The van der Waals surface area contributed by atoms with E-state index in [0.29, 0.717) is 0 Å². The van der Waals surface area contributed by atoms with Crippen molar-refractivity contribution in [3.8, 4) is 0 Å². The van der Waals surface area contributed by atoms with Gasteiger partial charge in [0.05, 0.1) is 16.7 Å². The summed E-state index contributed by atoms with van der Waals surface area (Å²) in [6.45, 7) is 2.00. The lowest BCUT2D eigenvalue weighted by Crippen LogP contribution is -2.32. The van der Waals surface area contributed by atoms with Crippen molar-refractivity contribution in [1.29, 1.82) is 0 Å². The highest BCUT2D eigenvalue weighted by molar-refractivity contribution is 7.89. The summed E-state index contributed by atoms with van der Waals surface area (Å²) in [4.78, 5) is 11.6.